The smallest absolute Gasteiger partial charge is 0.252 e. The van der Waals surface area contributed by atoms with Crippen molar-refractivity contribution in [1.29, 1.82) is 0 Å². The Balaban J connectivity index is 1.59. The molecule has 0 bridgehead atoms. The predicted molar refractivity (Wildman–Crippen MR) is 114 cm³/mol. The van der Waals surface area contributed by atoms with Gasteiger partial charge in [0.05, 0.1) is 0 Å². The van der Waals surface area contributed by atoms with E-state index in [9.17, 15) is 14.0 Å². The minimum atomic E-state index is -0.511. The van der Waals surface area contributed by atoms with Gasteiger partial charge >= 0.3 is 0 Å². The predicted octanol–water partition coefficient (Wildman–Crippen LogP) is 3.51. The van der Waals surface area contributed by atoms with Gasteiger partial charge in [0.15, 0.2) is 11.5 Å². The van der Waals surface area contributed by atoms with Gasteiger partial charge in [-0.2, -0.15) is 0 Å². The lowest BCUT2D eigenvalue weighted by atomic mass is 10.0. The number of nitrogens with two attached hydrogens (primary N) is 1. The van der Waals surface area contributed by atoms with E-state index in [4.69, 9.17) is 15.2 Å². The van der Waals surface area contributed by atoms with Gasteiger partial charge in [-0.05, 0) is 59.2 Å². The Morgan fingerprint density at radius 1 is 0.935 bits per heavy atom. The standard InChI is InChI=1S/C24H19FN2O4/c25-19-8-3-15(4-9-19)11-20(18-7-10-21-22(12-18)31-14-30-21)24(29)27-13-16-1-5-17(6-2-16)23(26)28/h1-12H,13-14H2,(H2,26,28)(H,27,29)/b20-11+. The number of benzene rings is 3. The third kappa shape index (κ3) is 4.72. The highest BCUT2D eigenvalue weighted by atomic mass is 19.1. The summed E-state index contributed by atoms with van der Waals surface area (Å²) in [6, 6.07) is 17.8. The number of fused-ring (bicyclic) bond motifs is 1. The zero-order valence-electron chi connectivity index (χ0n) is 16.4. The molecule has 0 unspecified atom stereocenters. The first kappa shape index (κ1) is 20.2. The molecule has 7 heteroatoms. The number of carbonyl (C=O) groups excluding carboxylic acids is 2. The molecule has 0 radical (unpaired) electrons. The van der Waals surface area contributed by atoms with Crippen LogP contribution >= 0.6 is 0 Å². The zero-order chi connectivity index (χ0) is 21.8. The van der Waals surface area contributed by atoms with Crippen molar-refractivity contribution in [1.82, 2.24) is 5.32 Å². The molecular weight excluding hydrogens is 399 g/mol. The maximum absolute atomic E-state index is 13.3. The number of hydrogen-bond donors (Lipinski definition) is 2. The summed E-state index contributed by atoms with van der Waals surface area (Å²) in [5.74, 6) is -0.0205. The molecule has 0 spiro atoms. The van der Waals surface area contributed by atoms with Crippen LogP contribution in [0.4, 0.5) is 4.39 Å². The van der Waals surface area contributed by atoms with E-state index < -0.39 is 5.91 Å². The highest BCUT2D eigenvalue weighted by Gasteiger charge is 2.18. The van der Waals surface area contributed by atoms with Crippen molar-refractivity contribution in [3.05, 3.63) is 94.8 Å². The lowest BCUT2D eigenvalue weighted by Gasteiger charge is -2.11. The van der Waals surface area contributed by atoms with Crippen LogP contribution in [0.3, 0.4) is 0 Å². The van der Waals surface area contributed by atoms with Crippen LogP contribution in [0.2, 0.25) is 0 Å². The monoisotopic (exact) mass is 418 g/mol. The minimum Gasteiger partial charge on any atom is -0.454 e. The molecule has 0 fully saturated rings. The van der Waals surface area contributed by atoms with Gasteiger partial charge in [-0.1, -0.05) is 30.3 Å². The van der Waals surface area contributed by atoms with Gasteiger partial charge in [0, 0.05) is 17.7 Å². The molecule has 156 valence electrons. The molecule has 6 nitrogen and oxygen atoms in total. The Kier molecular flexibility index (Phi) is 5.66. The first-order valence-electron chi connectivity index (χ1n) is 9.54. The van der Waals surface area contributed by atoms with Crippen molar-refractivity contribution >= 4 is 23.5 Å². The highest BCUT2D eigenvalue weighted by molar-refractivity contribution is 6.24. The second-order valence-electron chi connectivity index (χ2n) is 6.92. The molecule has 1 heterocycles. The second kappa shape index (κ2) is 8.71. The average molecular weight is 418 g/mol. The number of rotatable bonds is 6. The molecule has 2 amide bonds. The molecule has 0 aliphatic carbocycles. The number of hydrogen-bond acceptors (Lipinski definition) is 4. The van der Waals surface area contributed by atoms with Crippen LogP contribution in [0.25, 0.3) is 11.6 Å². The fourth-order valence-electron chi connectivity index (χ4n) is 3.13. The fourth-order valence-corrected chi connectivity index (χ4v) is 3.13. The second-order valence-corrected chi connectivity index (χ2v) is 6.92. The van der Waals surface area contributed by atoms with E-state index in [1.54, 1.807) is 60.7 Å². The van der Waals surface area contributed by atoms with Crippen molar-refractivity contribution in [2.75, 3.05) is 6.79 Å². The van der Waals surface area contributed by atoms with Gasteiger partial charge < -0.3 is 20.5 Å². The van der Waals surface area contributed by atoms with E-state index in [1.165, 1.54) is 12.1 Å². The zero-order valence-corrected chi connectivity index (χ0v) is 16.4. The van der Waals surface area contributed by atoms with Crippen LogP contribution in [-0.4, -0.2) is 18.6 Å². The van der Waals surface area contributed by atoms with Crippen molar-refractivity contribution in [3.63, 3.8) is 0 Å². The SMILES string of the molecule is NC(=O)c1ccc(CNC(=O)/C(=C/c2ccc(F)cc2)c2ccc3c(c2)OCO3)cc1. The lowest BCUT2D eigenvalue weighted by molar-refractivity contribution is -0.115. The Bertz CT molecular complexity index is 1160. The molecular formula is C24H19FN2O4. The topological polar surface area (TPSA) is 90.7 Å². The summed E-state index contributed by atoms with van der Waals surface area (Å²) in [6.45, 7) is 0.381. The Morgan fingerprint density at radius 3 is 2.32 bits per heavy atom. The molecule has 3 N–H and O–H groups in total. The maximum Gasteiger partial charge on any atom is 0.252 e. The molecule has 0 saturated carbocycles. The summed E-state index contributed by atoms with van der Waals surface area (Å²) in [5, 5.41) is 2.88. The Morgan fingerprint density at radius 2 is 1.61 bits per heavy atom. The average Bonchev–Trinajstić information content (AvgIpc) is 3.25. The molecule has 31 heavy (non-hydrogen) atoms. The lowest BCUT2D eigenvalue weighted by Crippen LogP contribution is -2.24. The molecule has 3 aromatic carbocycles. The summed E-state index contributed by atoms with van der Waals surface area (Å²) in [7, 11) is 0. The van der Waals surface area contributed by atoms with Gasteiger partial charge in [-0.15, -0.1) is 0 Å². The summed E-state index contributed by atoms with van der Waals surface area (Å²) < 4.78 is 24.0. The number of halogens is 1. The Labute approximate surface area is 178 Å². The number of primary amides is 1. The summed E-state index contributed by atoms with van der Waals surface area (Å²) >= 11 is 0. The van der Waals surface area contributed by atoms with Gasteiger partial charge in [0.2, 0.25) is 12.7 Å². The number of carbonyl (C=O) groups is 2. The van der Waals surface area contributed by atoms with E-state index in [0.29, 0.717) is 33.8 Å². The van der Waals surface area contributed by atoms with Gasteiger partial charge in [-0.3, -0.25) is 9.59 Å². The number of nitrogens with one attached hydrogen (secondary N) is 1. The van der Waals surface area contributed by atoms with Gasteiger partial charge in [0.1, 0.15) is 5.82 Å². The van der Waals surface area contributed by atoms with Crippen molar-refractivity contribution in [3.8, 4) is 11.5 Å². The normalized spacial score (nSPS) is 12.5. The van der Waals surface area contributed by atoms with Crippen LogP contribution < -0.4 is 20.5 Å². The molecule has 0 aromatic heterocycles. The van der Waals surface area contributed by atoms with Crippen LogP contribution in [0.1, 0.15) is 27.0 Å². The van der Waals surface area contributed by atoms with Crippen LogP contribution in [0.5, 0.6) is 11.5 Å². The van der Waals surface area contributed by atoms with Crippen LogP contribution in [0, 0.1) is 5.82 Å². The first-order valence-corrected chi connectivity index (χ1v) is 9.54. The van der Waals surface area contributed by atoms with Crippen LogP contribution in [0.15, 0.2) is 66.7 Å². The number of ether oxygens (including phenoxy) is 2. The van der Waals surface area contributed by atoms with Crippen LogP contribution in [-0.2, 0) is 11.3 Å². The Hall–Kier alpha value is -4.13. The summed E-state index contributed by atoms with van der Waals surface area (Å²) in [5.41, 5.74) is 8.16. The van der Waals surface area contributed by atoms with E-state index in [2.05, 4.69) is 5.32 Å². The first-order chi connectivity index (χ1) is 15.0. The summed E-state index contributed by atoms with van der Waals surface area (Å²) in [4.78, 5) is 24.3. The van der Waals surface area contributed by atoms with Gasteiger partial charge in [0.25, 0.3) is 5.91 Å². The van der Waals surface area contributed by atoms with E-state index in [0.717, 1.165) is 5.56 Å². The molecule has 4 rings (SSSR count). The minimum absolute atomic E-state index is 0.128. The van der Waals surface area contributed by atoms with Crippen molar-refractivity contribution in [2.24, 2.45) is 5.73 Å². The van der Waals surface area contributed by atoms with E-state index in [1.807, 2.05) is 0 Å². The molecule has 3 aromatic rings. The largest absolute Gasteiger partial charge is 0.454 e. The van der Waals surface area contributed by atoms with E-state index in [-0.39, 0.29) is 25.1 Å². The molecule has 0 saturated heterocycles. The molecule has 1 aliphatic heterocycles. The van der Waals surface area contributed by atoms with Gasteiger partial charge in [-0.25, -0.2) is 4.39 Å². The fraction of sp³-hybridized carbons (Fsp3) is 0.0833. The number of amides is 2. The highest BCUT2D eigenvalue weighted by Crippen LogP contribution is 2.35. The summed E-state index contributed by atoms with van der Waals surface area (Å²) in [6.07, 6.45) is 1.68. The maximum atomic E-state index is 13.3. The third-order valence-corrected chi connectivity index (χ3v) is 4.80. The quantitative estimate of drug-likeness (QED) is 0.474. The molecule has 1 aliphatic rings. The molecule has 0 atom stereocenters. The van der Waals surface area contributed by atoms with Crippen molar-refractivity contribution < 1.29 is 23.5 Å². The third-order valence-electron chi connectivity index (χ3n) is 4.80. The van der Waals surface area contributed by atoms with E-state index >= 15 is 0 Å². The van der Waals surface area contributed by atoms with Crippen molar-refractivity contribution in [2.45, 2.75) is 6.54 Å².